The summed E-state index contributed by atoms with van der Waals surface area (Å²) in [6.07, 6.45) is 0. The Bertz CT molecular complexity index is 1280. The number of para-hydroxylation sites is 2. The van der Waals surface area contributed by atoms with Crippen molar-refractivity contribution >= 4 is 33.2 Å². The van der Waals surface area contributed by atoms with Crippen molar-refractivity contribution < 1.29 is 0 Å². The van der Waals surface area contributed by atoms with E-state index in [9.17, 15) is 0 Å². The highest BCUT2D eigenvalue weighted by Gasteiger charge is 2.17. The summed E-state index contributed by atoms with van der Waals surface area (Å²) in [6.45, 7) is 4.38. The van der Waals surface area contributed by atoms with Crippen molar-refractivity contribution in [2.45, 2.75) is 13.8 Å². The molecule has 0 saturated carbocycles. The largest absolute Gasteiger partial charge is 0.355 e. The molecule has 136 valence electrons. The molecule has 1 aromatic heterocycles. The molecule has 0 aliphatic heterocycles. The molecule has 0 radical (unpaired) electrons. The number of aromatic nitrogens is 1. The molecule has 28 heavy (non-hydrogen) atoms. The second-order valence-electron chi connectivity index (χ2n) is 7.34. The molecule has 2 heteroatoms. The van der Waals surface area contributed by atoms with Gasteiger partial charge < -0.3 is 9.88 Å². The van der Waals surface area contributed by atoms with Crippen LogP contribution < -0.4 is 5.32 Å². The van der Waals surface area contributed by atoms with E-state index in [1.54, 1.807) is 0 Å². The minimum atomic E-state index is 1.10. The van der Waals surface area contributed by atoms with Crippen LogP contribution in [0.15, 0.2) is 91.0 Å². The van der Waals surface area contributed by atoms with Crippen LogP contribution in [0.3, 0.4) is 0 Å². The van der Waals surface area contributed by atoms with Gasteiger partial charge in [0.15, 0.2) is 0 Å². The van der Waals surface area contributed by atoms with Crippen LogP contribution in [0.1, 0.15) is 11.1 Å². The zero-order valence-corrected chi connectivity index (χ0v) is 16.1. The molecule has 5 aromatic rings. The van der Waals surface area contributed by atoms with Crippen LogP contribution in [0.25, 0.3) is 27.5 Å². The third-order valence-electron chi connectivity index (χ3n) is 5.29. The molecule has 0 saturated heterocycles. The first kappa shape index (κ1) is 16.6. The Balaban J connectivity index is 1.88. The van der Waals surface area contributed by atoms with Crippen LogP contribution in [0.5, 0.6) is 0 Å². The Labute approximate surface area is 165 Å². The molecule has 4 aromatic carbocycles. The van der Waals surface area contributed by atoms with E-state index in [0.29, 0.717) is 0 Å². The number of benzene rings is 4. The van der Waals surface area contributed by atoms with Crippen molar-refractivity contribution in [3.8, 4) is 5.69 Å². The standard InChI is InChI=1S/C26H22N2/c1-18-16-19(2)26-22(17-18)25-23(27-20-10-5-3-6-11-20)14-9-15-24(25)28(26)21-12-7-4-8-13-21/h3-17,27H,1-2H3. The lowest BCUT2D eigenvalue weighted by Crippen LogP contribution is -1.95. The lowest BCUT2D eigenvalue weighted by molar-refractivity contribution is 1.17. The van der Waals surface area contributed by atoms with Gasteiger partial charge in [0.2, 0.25) is 0 Å². The third-order valence-corrected chi connectivity index (χ3v) is 5.29. The number of nitrogens with one attached hydrogen (secondary N) is 1. The van der Waals surface area contributed by atoms with Crippen LogP contribution in [-0.4, -0.2) is 4.57 Å². The molecule has 0 amide bonds. The lowest BCUT2D eigenvalue weighted by atomic mass is 10.0. The molecule has 0 fully saturated rings. The number of nitrogens with zero attached hydrogens (tertiary/aromatic N) is 1. The predicted molar refractivity (Wildman–Crippen MR) is 120 cm³/mol. The highest BCUT2D eigenvalue weighted by atomic mass is 15.0. The molecule has 5 rings (SSSR count). The SMILES string of the molecule is Cc1cc(C)c2c(c1)c1c(Nc3ccccc3)cccc1n2-c1ccccc1. The number of rotatable bonds is 3. The third kappa shape index (κ3) is 2.66. The van der Waals surface area contributed by atoms with Gasteiger partial charge >= 0.3 is 0 Å². The number of anilines is 2. The van der Waals surface area contributed by atoms with Crippen molar-refractivity contribution in [1.29, 1.82) is 0 Å². The average Bonchev–Trinajstić information content (AvgIpc) is 3.05. The van der Waals surface area contributed by atoms with E-state index < -0.39 is 0 Å². The Morgan fingerprint density at radius 2 is 1.43 bits per heavy atom. The Morgan fingerprint density at radius 3 is 2.18 bits per heavy atom. The fourth-order valence-electron chi connectivity index (χ4n) is 4.20. The average molecular weight is 362 g/mol. The summed E-state index contributed by atoms with van der Waals surface area (Å²) in [4.78, 5) is 0. The van der Waals surface area contributed by atoms with Crippen LogP contribution in [0.2, 0.25) is 0 Å². The molecular weight excluding hydrogens is 340 g/mol. The van der Waals surface area contributed by atoms with Crippen molar-refractivity contribution in [3.63, 3.8) is 0 Å². The molecule has 2 nitrogen and oxygen atoms in total. The lowest BCUT2D eigenvalue weighted by Gasteiger charge is -2.10. The molecule has 0 atom stereocenters. The second kappa shape index (κ2) is 6.58. The zero-order chi connectivity index (χ0) is 19.1. The van der Waals surface area contributed by atoms with E-state index in [-0.39, 0.29) is 0 Å². The van der Waals surface area contributed by atoms with Gasteiger partial charge in [-0.3, -0.25) is 0 Å². The summed E-state index contributed by atoms with van der Waals surface area (Å²) in [5.74, 6) is 0. The van der Waals surface area contributed by atoms with Crippen LogP contribution in [-0.2, 0) is 0 Å². The highest BCUT2D eigenvalue weighted by molar-refractivity contribution is 6.16. The van der Waals surface area contributed by atoms with E-state index in [1.807, 2.05) is 6.07 Å². The maximum absolute atomic E-state index is 3.63. The first-order valence-corrected chi connectivity index (χ1v) is 9.64. The second-order valence-corrected chi connectivity index (χ2v) is 7.34. The van der Waals surface area contributed by atoms with Gasteiger partial charge in [-0.1, -0.05) is 54.1 Å². The summed E-state index contributed by atoms with van der Waals surface area (Å²) in [6, 6.07) is 32.1. The van der Waals surface area contributed by atoms with Crippen LogP contribution in [0.4, 0.5) is 11.4 Å². The molecule has 1 N–H and O–H groups in total. The first-order chi connectivity index (χ1) is 13.7. The summed E-state index contributed by atoms with van der Waals surface area (Å²) in [7, 11) is 0. The predicted octanol–water partition coefficient (Wildman–Crippen LogP) is 7.14. The van der Waals surface area contributed by atoms with Crippen molar-refractivity contribution in [3.05, 3.63) is 102 Å². The normalized spacial score (nSPS) is 11.2. The fraction of sp³-hybridized carbons (Fsp3) is 0.0769. The monoisotopic (exact) mass is 362 g/mol. The van der Waals surface area contributed by atoms with Gasteiger partial charge in [0.1, 0.15) is 0 Å². The Kier molecular flexibility index (Phi) is 3.91. The molecule has 0 spiro atoms. The Morgan fingerprint density at radius 1 is 0.714 bits per heavy atom. The summed E-state index contributed by atoms with van der Waals surface area (Å²) < 4.78 is 2.38. The van der Waals surface area contributed by atoms with E-state index in [1.165, 1.54) is 38.6 Å². The van der Waals surface area contributed by atoms with Crippen molar-refractivity contribution in [2.75, 3.05) is 5.32 Å². The minimum absolute atomic E-state index is 1.10. The quantitative estimate of drug-likeness (QED) is 0.361. The first-order valence-electron chi connectivity index (χ1n) is 9.64. The molecule has 1 heterocycles. The van der Waals surface area contributed by atoms with Gasteiger partial charge in [-0.15, -0.1) is 0 Å². The van der Waals surface area contributed by atoms with Gasteiger partial charge in [0, 0.05) is 27.8 Å². The zero-order valence-electron chi connectivity index (χ0n) is 16.1. The Hall–Kier alpha value is -3.52. The van der Waals surface area contributed by atoms with Gasteiger partial charge in [-0.2, -0.15) is 0 Å². The maximum Gasteiger partial charge on any atom is 0.0571 e. The molecule has 0 unspecified atom stereocenters. The number of aryl methyl sites for hydroxylation is 2. The minimum Gasteiger partial charge on any atom is -0.355 e. The smallest absolute Gasteiger partial charge is 0.0571 e. The van der Waals surface area contributed by atoms with E-state index >= 15 is 0 Å². The molecule has 0 aliphatic rings. The summed E-state index contributed by atoms with van der Waals surface area (Å²) >= 11 is 0. The van der Waals surface area contributed by atoms with E-state index in [0.717, 1.165) is 11.4 Å². The number of fused-ring (bicyclic) bond motifs is 3. The molecular formula is C26H22N2. The highest BCUT2D eigenvalue weighted by Crippen LogP contribution is 2.39. The summed E-state index contributed by atoms with van der Waals surface area (Å²) in [5, 5.41) is 6.18. The van der Waals surface area contributed by atoms with Crippen molar-refractivity contribution in [1.82, 2.24) is 4.57 Å². The van der Waals surface area contributed by atoms with Gasteiger partial charge in [-0.05, 0) is 61.9 Å². The van der Waals surface area contributed by atoms with Crippen molar-refractivity contribution in [2.24, 2.45) is 0 Å². The fourth-order valence-corrected chi connectivity index (χ4v) is 4.20. The topological polar surface area (TPSA) is 17.0 Å². The van der Waals surface area contributed by atoms with Crippen LogP contribution in [0, 0.1) is 13.8 Å². The molecule has 0 bridgehead atoms. The van der Waals surface area contributed by atoms with E-state index in [2.05, 4.69) is 109 Å². The summed E-state index contributed by atoms with van der Waals surface area (Å²) in [5.41, 5.74) is 8.48. The molecule has 0 aliphatic carbocycles. The van der Waals surface area contributed by atoms with Gasteiger partial charge in [0.25, 0.3) is 0 Å². The maximum atomic E-state index is 3.63. The number of hydrogen-bond donors (Lipinski definition) is 1. The van der Waals surface area contributed by atoms with Gasteiger partial charge in [-0.25, -0.2) is 0 Å². The van der Waals surface area contributed by atoms with E-state index in [4.69, 9.17) is 0 Å². The number of hydrogen-bond acceptors (Lipinski definition) is 1. The van der Waals surface area contributed by atoms with Gasteiger partial charge in [0.05, 0.1) is 11.0 Å². The van der Waals surface area contributed by atoms with Crippen LogP contribution >= 0.6 is 0 Å².